The summed E-state index contributed by atoms with van der Waals surface area (Å²) in [4.78, 5) is 8.19. The van der Waals surface area contributed by atoms with Crippen molar-refractivity contribution in [3.63, 3.8) is 0 Å². The van der Waals surface area contributed by atoms with E-state index in [-0.39, 0.29) is 0 Å². The number of unbranched alkanes of at least 4 members (excludes halogenated alkanes) is 4. The van der Waals surface area contributed by atoms with E-state index >= 15 is 0 Å². The van der Waals surface area contributed by atoms with Crippen LogP contribution in [0.1, 0.15) is 39.0 Å². The van der Waals surface area contributed by atoms with Gasteiger partial charge in [0.25, 0.3) is 0 Å². The van der Waals surface area contributed by atoms with Crippen molar-refractivity contribution >= 4 is 17.6 Å². The molecule has 0 aliphatic heterocycles. The van der Waals surface area contributed by atoms with Crippen LogP contribution in [0.3, 0.4) is 0 Å². The topological polar surface area (TPSA) is 51.8 Å². The second kappa shape index (κ2) is 7.51. The van der Waals surface area contributed by atoms with E-state index in [9.17, 15) is 0 Å². The second-order valence-corrected chi connectivity index (χ2v) is 4.59. The molecule has 0 aliphatic carbocycles. The lowest BCUT2D eigenvalue weighted by molar-refractivity contribution is 0.659. The van der Waals surface area contributed by atoms with Gasteiger partial charge in [-0.05, 0) is 12.2 Å². The van der Waals surface area contributed by atoms with Crippen molar-refractivity contribution in [1.82, 2.24) is 9.97 Å². The summed E-state index contributed by atoms with van der Waals surface area (Å²) in [5.74, 6) is 1.64. The number of aromatic nitrogens is 2. The minimum Gasteiger partial charge on any atom is -0.381 e. The number of thioether (sulfide) groups is 1. The van der Waals surface area contributed by atoms with Crippen LogP contribution in [0, 0.1) is 0 Å². The van der Waals surface area contributed by atoms with Crippen LogP contribution < -0.4 is 5.73 Å². The minimum atomic E-state index is 0.552. The van der Waals surface area contributed by atoms with E-state index in [1.165, 1.54) is 32.1 Å². The predicted octanol–water partition coefficient (Wildman–Crippen LogP) is 3.12. The van der Waals surface area contributed by atoms with Gasteiger partial charge in [-0.25, -0.2) is 9.97 Å². The molecule has 2 N–H and O–H groups in total. The molecule has 1 heterocycles. The molecule has 15 heavy (non-hydrogen) atoms. The van der Waals surface area contributed by atoms with Crippen molar-refractivity contribution < 1.29 is 0 Å². The molecule has 1 aromatic rings. The Balaban J connectivity index is 2.12. The van der Waals surface area contributed by atoms with Gasteiger partial charge in [-0.3, -0.25) is 0 Å². The maximum atomic E-state index is 5.69. The van der Waals surface area contributed by atoms with Crippen LogP contribution in [0.4, 0.5) is 5.82 Å². The van der Waals surface area contributed by atoms with Crippen molar-refractivity contribution in [2.45, 2.75) is 44.1 Å². The first-order chi connectivity index (χ1) is 7.34. The van der Waals surface area contributed by atoms with Gasteiger partial charge in [-0.2, -0.15) is 0 Å². The first-order valence-corrected chi connectivity index (χ1v) is 6.52. The summed E-state index contributed by atoms with van der Waals surface area (Å²) in [7, 11) is 0. The Bertz CT molecular complexity index is 278. The molecule has 0 saturated carbocycles. The van der Waals surface area contributed by atoms with Gasteiger partial charge in [0.1, 0.15) is 5.03 Å². The van der Waals surface area contributed by atoms with Gasteiger partial charge < -0.3 is 5.73 Å². The predicted molar refractivity (Wildman–Crippen MR) is 65.9 cm³/mol. The number of nitrogens with two attached hydrogens (primary N) is 1. The van der Waals surface area contributed by atoms with E-state index in [1.807, 2.05) is 0 Å². The average Bonchev–Trinajstić information content (AvgIpc) is 2.25. The molecule has 0 atom stereocenters. The fourth-order valence-electron chi connectivity index (χ4n) is 1.32. The third-order valence-electron chi connectivity index (χ3n) is 2.18. The lowest BCUT2D eigenvalue weighted by Gasteiger charge is -2.02. The molecule has 0 saturated heterocycles. The van der Waals surface area contributed by atoms with Crippen molar-refractivity contribution in [3.8, 4) is 0 Å². The van der Waals surface area contributed by atoms with Gasteiger partial charge in [0.2, 0.25) is 0 Å². The normalized spacial score (nSPS) is 10.5. The SMILES string of the molecule is CCCCCCCSc1nccnc1N. The first kappa shape index (κ1) is 12.3. The summed E-state index contributed by atoms with van der Waals surface area (Å²) in [6, 6.07) is 0. The maximum absolute atomic E-state index is 5.69. The molecule has 0 radical (unpaired) electrons. The van der Waals surface area contributed by atoms with Crippen LogP contribution in [0.25, 0.3) is 0 Å². The quantitative estimate of drug-likeness (QED) is 0.572. The molecule has 84 valence electrons. The number of anilines is 1. The molecule has 4 heteroatoms. The average molecular weight is 225 g/mol. The van der Waals surface area contributed by atoms with Crippen molar-refractivity contribution in [3.05, 3.63) is 12.4 Å². The standard InChI is InChI=1S/C11H19N3S/c1-2-3-4-5-6-9-15-11-10(12)13-7-8-14-11/h7-8H,2-6,9H2,1H3,(H2,12,13). The van der Waals surface area contributed by atoms with E-state index in [0.717, 1.165) is 10.8 Å². The highest BCUT2D eigenvalue weighted by atomic mass is 32.2. The van der Waals surface area contributed by atoms with Gasteiger partial charge in [0.15, 0.2) is 5.82 Å². The monoisotopic (exact) mass is 225 g/mol. The zero-order valence-electron chi connectivity index (χ0n) is 9.28. The fourth-order valence-corrected chi connectivity index (χ4v) is 2.20. The van der Waals surface area contributed by atoms with Crippen LogP contribution in [-0.2, 0) is 0 Å². The zero-order valence-corrected chi connectivity index (χ0v) is 10.1. The Morgan fingerprint density at radius 2 is 1.87 bits per heavy atom. The smallest absolute Gasteiger partial charge is 0.156 e. The Hall–Kier alpha value is -0.770. The van der Waals surface area contributed by atoms with Crippen LogP contribution >= 0.6 is 11.8 Å². The molecule has 0 aliphatic rings. The highest BCUT2D eigenvalue weighted by Crippen LogP contribution is 2.21. The number of hydrogen-bond donors (Lipinski definition) is 1. The summed E-state index contributed by atoms with van der Waals surface area (Å²) in [5, 5.41) is 0.869. The molecule has 0 fully saturated rings. The molecular formula is C11H19N3S. The Kier molecular flexibility index (Phi) is 6.16. The summed E-state index contributed by atoms with van der Waals surface area (Å²) in [6.45, 7) is 2.23. The molecule has 0 amide bonds. The molecular weight excluding hydrogens is 206 g/mol. The van der Waals surface area contributed by atoms with Crippen LogP contribution in [0.15, 0.2) is 17.4 Å². The second-order valence-electron chi connectivity index (χ2n) is 3.51. The zero-order chi connectivity index (χ0) is 10.9. The van der Waals surface area contributed by atoms with E-state index in [0.29, 0.717) is 5.82 Å². The number of nitrogens with zero attached hydrogens (tertiary/aromatic N) is 2. The van der Waals surface area contributed by atoms with Gasteiger partial charge in [0.05, 0.1) is 0 Å². The van der Waals surface area contributed by atoms with Crippen molar-refractivity contribution in [2.24, 2.45) is 0 Å². The summed E-state index contributed by atoms with van der Waals surface area (Å²) < 4.78 is 0. The highest BCUT2D eigenvalue weighted by molar-refractivity contribution is 7.99. The van der Waals surface area contributed by atoms with Gasteiger partial charge in [-0.15, -0.1) is 11.8 Å². The molecule has 0 unspecified atom stereocenters. The lowest BCUT2D eigenvalue weighted by atomic mass is 10.2. The maximum Gasteiger partial charge on any atom is 0.156 e. The molecule has 1 aromatic heterocycles. The Morgan fingerprint density at radius 1 is 1.13 bits per heavy atom. The van der Waals surface area contributed by atoms with Crippen molar-refractivity contribution in [2.75, 3.05) is 11.5 Å². The summed E-state index contributed by atoms with van der Waals surface area (Å²) in [5.41, 5.74) is 5.69. The lowest BCUT2D eigenvalue weighted by Crippen LogP contribution is -1.95. The molecule has 1 rings (SSSR count). The third-order valence-corrected chi connectivity index (χ3v) is 3.26. The molecule has 0 bridgehead atoms. The van der Waals surface area contributed by atoms with Gasteiger partial charge in [-0.1, -0.05) is 32.6 Å². The van der Waals surface area contributed by atoms with E-state index in [1.54, 1.807) is 24.2 Å². The molecule has 0 spiro atoms. The van der Waals surface area contributed by atoms with E-state index in [2.05, 4.69) is 16.9 Å². The Morgan fingerprint density at radius 3 is 2.60 bits per heavy atom. The largest absolute Gasteiger partial charge is 0.381 e. The number of nitrogen functional groups attached to an aromatic ring is 1. The molecule has 0 aromatic carbocycles. The van der Waals surface area contributed by atoms with Gasteiger partial charge >= 0.3 is 0 Å². The third kappa shape index (κ3) is 5.02. The fraction of sp³-hybridized carbons (Fsp3) is 0.636. The van der Waals surface area contributed by atoms with Crippen LogP contribution in [0.2, 0.25) is 0 Å². The number of hydrogen-bond acceptors (Lipinski definition) is 4. The van der Waals surface area contributed by atoms with Gasteiger partial charge in [0, 0.05) is 12.4 Å². The summed E-state index contributed by atoms with van der Waals surface area (Å²) in [6.07, 6.45) is 9.84. The number of rotatable bonds is 7. The minimum absolute atomic E-state index is 0.552. The van der Waals surface area contributed by atoms with E-state index < -0.39 is 0 Å². The summed E-state index contributed by atoms with van der Waals surface area (Å²) >= 11 is 1.71. The van der Waals surface area contributed by atoms with Crippen molar-refractivity contribution in [1.29, 1.82) is 0 Å². The highest BCUT2D eigenvalue weighted by Gasteiger charge is 2.00. The first-order valence-electron chi connectivity index (χ1n) is 5.54. The Labute approximate surface area is 95.9 Å². The van der Waals surface area contributed by atoms with Crippen LogP contribution in [0.5, 0.6) is 0 Å². The van der Waals surface area contributed by atoms with Crippen LogP contribution in [-0.4, -0.2) is 15.7 Å². The van der Waals surface area contributed by atoms with E-state index in [4.69, 9.17) is 5.73 Å². The molecule has 3 nitrogen and oxygen atoms in total.